The van der Waals surface area contributed by atoms with Gasteiger partial charge in [-0.05, 0) is 20.3 Å². The van der Waals surface area contributed by atoms with Crippen LogP contribution in [0.25, 0.3) is 0 Å². The minimum absolute atomic E-state index is 0.252. The largest absolute Gasteiger partial charge is 0.480 e. The van der Waals surface area contributed by atoms with Crippen molar-refractivity contribution in [3.63, 3.8) is 0 Å². The van der Waals surface area contributed by atoms with Gasteiger partial charge in [-0.3, -0.25) is 9.58 Å². The number of halogens is 1. The Morgan fingerprint density at radius 3 is 2.67 bits per heavy atom. The second kappa shape index (κ2) is 6.34. The summed E-state index contributed by atoms with van der Waals surface area (Å²) in [5, 5.41) is 13.9. The molecule has 1 aliphatic rings. The minimum atomic E-state index is -0.936. The van der Waals surface area contributed by atoms with Gasteiger partial charge in [-0.1, -0.05) is 18.5 Å². The fourth-order valence-electron chi connectivity index (χ4n) is 2.72. The Hall–Kier alpha value is -1.11. The van der Waals surface area contributed by atoms with Crippen LogP contribution in [0, 0.1) is 0 Å². The molecule has 0 saturated carbocycles. The van der Waals surface area contributed by atoms with Gasteiger partial charge >= 0.3 is 5.97 Å². The van der Waals surface area contributed by atoms with Crippen LogP contribution < -0.4 is 0 Å². The van der Waals surface area contributed by atoms with Crippen molar-refractivity contribution in [2.75, 3.05) is 19.7 Å². The molecule has 0 radical (unpaired) electrons. The van der Waals surface area contributed by atoms with Gasteiger partial charge in [-0.25, -0.2) is 4.79 Å². The first-order chi connectivity index (χ1) is 9.88. The molecule has 0 amide bonds. The molecule has 1 N–H and O–H groups in total. The number of carbonyl (C=O) groups is 1. The molecule has 0 spiro atoms. The van der Waals surface area contributed by atoms with Gasteiger partial charge in [-0.2, -0.15) is 5.10 Å². The SMILES string of the molecule is CCc1nn(CC)c(CN2CC(C)(OCC(=O)O)C2)c1Cl. The fraction of sp³-hybridized carbons (Fsp3) is 0.714. The summed E-state index contributed by atoms with van der Waals surface area (Å²) in [4.78, 5) is 12.7. The monoisotopic (exact) mass is 315 g/mol. The van der Waals surface area contributed by atoms with Gasteiger partial charge in [0.1, 0.15) is 6.61 Å². The molecule has 0 aliphatic carbocycles. The standard InChI is InChI=1S/C14H22ClN3O3/c1-4-10-13(15)11(18(5-2)16-10)6-17-8-14(3,9-17)21-7-12(19)20/h4-9H2,1-3H3,(H,19,20). The predicted octanol–water partition coefficient (Wildman–Crippen LogP) is 1.79. The molecule has 2 rings (SSSR count). The topological polar surface area (TPSA) is 67.6 Å². The number of ether oxygens (including phenoxy) is 1. The highest BCUT2D eigenvalue weighted by Crippen LogP contribution is 2.29. The Morgan fingerprint density at radius 2 is 2.14 bits per heavy atom. The minimum Gasteiger partial charge on any atom is -0.480 e. The molecular formula is C14H22ClN3O3. The zero-order chi connectivity index (χ0) is 15.6. The lowest BCUT2D eigenvalue weighted by Crippen LogP contribution is -2.61. The van der Waals surface area contributed by atoms with Crippen LogP contribution in [0.15, 0.2) is 0 Å². The second-order valence-electron chi connectivity index (χ2n) is 5.65. The zero-order valence-corrected chi connectivity index (χ0v) is 13.5. The van der Waals surface area contributed by atoms with Gasteiger partial charge in [0.05, 0.1) is 22.0 Å². The highest BCUT2D eigenvalue weighted by Gasteiger charge is 2.40. The predicted molar refractivity (Wildman–Crippen MR) is 79.6 cm³/mol. The molecule has 6 nitrogen and oxygen atoms in total. The number of hydrogen-bond donors (Lipinski definition) is 1. The van der Waals surface area contributed by atoms with Crippen LogP contribution in [-0.4, -0.2) is 51.1 Å². The van der Waals surface area contributed by atoms with Gasteiger partial charge < -0.3 is 9.84 Å². The van der Waals surface area contributed by atoms with Crippen molar-refractivity contribution in [1.29, 1.82) is 0 Å². The Balaban J connectivity index is 1.96. The van der Waals surface area contributed by atoms with E-state index in [1.807, 2.05) is 25.5 Å². The molecule has 1 saturated heterocycles. The maximum absolute atomic E-state index is 10.6. The molecule has 2 heterocycles. The molecule has 118 valence electrons. The van der Waals surface area contributed by atoms with Crippen LogP contribution in [0.5, 0.6) is 0 Å². The number of nitrogens with zero attached hydrogens (tertiary/aromatic N) is 3. The molecule has 7 heteroatoms. The van der Waals surface area contributed by atoms with Crippen LogP contribution in [-0.2, 0) is 29.0 Å². The van der Waals surface area contributed by atoms with E-state index >= 15 is 0 Å². The maximum atomic E-state index is 10.6. The normalized spacial score (nSPS) is 17.7. The summed E-state index contributed by atoms with van der Waals surface area (Å²) in [6.07, 6.45) is 0.818. The van der Waals surface area contributed by atoms with Crippen molar-refractivity contribution in [3.05, 3.63) is 16.4 Å². The van der Waals surface area contributed by atoms with Crippen molar-refractivity contribution in [2.45, 2.75) is 45.9 Å². The molecule has 1 aliphatic heterocycles. The van der Waals surface area contributed by atoms with E-state index in [2.05, 4.69) is 10.00 Å². The van der Waals surface area contributed by atoms with E-state index in [0.29, 0.717) is 19.6 Å². The zero-order valence-electron chi connectivity index (χ0n) is 12.7. The summed E-state index contributed by atoms with van der Waals surface area (Å²) >= 11 is 6.39. The number of likely N-dealkylation sites (tertiary alicyclic amines) is 1. The second-order valence-corrected chi connectivity index (χ2v) is 6.03. The third kappa shape index (κ3) is 3.56. The molecular weight excluding hydrogens is 294 g/mol. The van der Waals surface area contributed by atoms with Crippen LogP contribution in [0.2, 0.25) is 5.02 Å². The highest BCUT2D eigenvalue weighted by atomic mass is 35.5. The average molecular weight is 316 g/mol. The number of carboxylic acid groups (broad SMARTS) is 1. The van der Waals surface area contributed by atoms with Crippen molar-refractivity contribution in [1.82, 2.24) is 14.7 Å². The Bertz CT molecular complexity index is 524. The lowest BCUT2D eigenvalue weighted by atomic mass is 9.96. The van der Waals surface area contributed by atoms with Crippen LogP contribution in [0.3, 0.4) is 0 Å². The average Bonchev–Trinajstić information content (AvgIpc) is 2.71. The van der Waals surface area contributed by atoms with Gasteiger partial charge in [-0.15, -0.1) is 0 Å². The van der Waals surface area contributed by atoms with Crippen molar-refractivity contribution >= 4 is 17.6 Å². The molecule has 0 bridgehead atoms. The van der Waals surface area contributed by atoms with Crippen LogP contribution in [0.4, 0.5) is 0 Å². The number of aromatic nitrogens is 2. The van der Waals surface area contributed by atoms with Crippen LogP contribution in [0.1, 0.15) is 32.2 Å². The number of aliphatic carboxylic acids is 1. The summed E-state index contributed by atoms with van der Waals surface area (Å²) in [6, 6.07) is 0. The van der Waals surface area contributed by atoms with E-state index in [9.17, 15) is 4.79 Å². The Morgan fingerprint density at radius 1 is 1.48 bits per heavy atom. The molecule has 0 aromatic carbocycles. The number of rotatable bonds is 7. The lowest BCUT2D eigenvalue weighted by molar-refractivity contribution is -0.166. The summed E-state index contributed by atoms with van der Waals surface area (Å²) in [5.74, 6) is -0.936. The van der Waals surface area contributed by atoms with Crippen molar-refractivity contribution < 1.29 is 14.6 Å². The smallest absolute Gasteiger partial charge is 0.329 e. The molecule has 0 atom stereocenters. The number of hydrogen-bond acceptors (Lipinski definition) is 4. The first-order valence-electron chi connectivity index (χ1n) is 7.20. The first-order valence-corrected chi connectivity index (χ1v) is 7.58. The lowest BCUT2D eigenvalue weighted by Gasteiger charge is -2.47. The van der Waals surface area contributed by atoms with Gasteiger partial charge in [0, 0.05) is 26.2 Å². The third-order valence-electron chi connectivity index (χ3n) is 3.73. The van der Waals surface area contributed by atoms with Crippen molar-refractivity contribution in [3.8, 4) is 0 Å². The van der Waals surface area contributed by atoms with E-state index in [-0.39, 0.29) is 12.2 Å². The van der Waals surface area contributed by atoms with Gasteiger partial charge in [0.2, 0.25) is 0 Å². The summed E-state index contributed by atoms with van der Waals surface area (Å²) in [6.45, 7) is 8.67. The van der Waals surface area contributed by atoms with E-state index in [1.54, 1.807) is 0 Å². The molecule has 0 unspecified atom stereocenters. The first kappa shape index (κ1) is 16.3. The summed E-state index contributed by atoms with van der Waals surface area (Å²) < 4.78 is 7.35. The molecule has 1 aromatic rings. The van der Waals surface area contributed by atoms with Crippen LogP contribution >= 0.6 is 11.6 Å². The van der Waals surface area contributed by atoms with E-state index in [4.69, 9.17) is 21.4 Å². The molecule has 1 fully saturated rings. The van der Waals surface area contributed by atoms with Crippen molar-refractivity contribution in [2.24, 2.45) is 0 Å². The molecule has 1 aromatic heterocycles. The Labute approximate surface area is 129 Å². The van der Waals surface area contributed by atoms with Gasteiger partial charge in [0.25, 0.3) is 0 Å². The maximum Gasteiger partial charge on any atom is 0.329 e. The summed E-state index contributed by atoms with van der Waals surface area (Å²) in [7, 11) is 0. The van der Waals surface area contributed by atoms with E-state index < -0.39 is 5.97 Å². The number of aryl methyl sites for hydroxylation is 2. The highest BCUT2D eigenvalue weighted by molar-refractivity contribution is 6.31. The number of carboxylic acids is 1. The van der Waals surface area contributed by atoms with E-state index in [1.165, 1.54) is 0 Å². The fourth-order valence-corrected chi connectivity index (χ4v) is 3.05. The quantitative estimate of drug-likeness (QED) is 0.831. The molecule has 21 heavy (non-hydrogen) atoms. The van der Waals surface area contributed by atoms with Gasteiger partial charge in [0.15, 0.2) is 0 Å². The third-order valence-corrected chi connectivity index (χ3v) is 4.16. The Kier molecular flexibility index (Phi) is 4.91. The van der Waals surface area contributed by atoms with E-state index in [0.717, 1.165) is 29.4 Å². The summed E-state index contributed by atoms with van der Waals surface area (Å²) in [5.41, 5.74) is 1.57.